The van der Waals surface area contributed by atoms with Crippen LogP contribution >= 0.6 is 15.9 Å². The van der Waals surface area contributed by atoms with Crippen molar-refractivity contribution in [2.75, 3.05) is 11.1 Å². The highest BCUT2D eigenvalue weighted by atomic mass is 79.9. The molecule has 0 aliphatic heterocycles. The van der Waals surface area contributed by atoms with E-state index in [2.05, 4.69) is 33.4 Å². The van der Waals surface area contributed by atoms with Gasteiger partial charge in [0.1, 0.15) is 6.07 Å². The Balaban J connectivity index is 1.90. The lowest BCUT2D eigenvalue weighted by molar-refractivity contribution is 0.761. The molecular weight excluding hydrogens is 314 g/mol. The van der Waals surface area contributed by atoms with Crippen molar-refractivity contribution in [3.8, 4) is 6.07 Å². The maximum atomic E-state index is 9.22. The molecule has 0 saturated carbocycles. The lowest BCUT2D eigenvalue weighted by Crippen LogP contribution is -2.08. The number of fused-ring (bicyclic) bond motifs is 1. The minimum absolute atomic E-state index is 0.249. The molecule has 100 valence electrons. The maximum Gasteiger partial charge on any atom is 0.101 e. The van der Waals surface area contributed by atoms with Gasteiger partial charge in [0.15, 0.2) is 0 Å². The topological polar surface area (TPSA) is 61.8 Å². The predicted octanol–water partition coefficient (Wildman–Crippen LogP) is 4.00. The number of hydrogen-bond donors (Lipinski definition) is 2. The average molecular weight is 328 g/mol. The average Bonchev–Trinajstić information content (AvgIpc) is 2.83. The third-order valence-corrected chi connectivity index (χ3v) is 4.17. The molecule has 0 amide bonds. The number of nitrogens with zero attached hydrogens (tertiary/aromatic N) is 1. The third kappa shape index (κ3) is 2.37. The van der Waals surface area contributed by atoms with E-state index in [9.17, 15) is 5.26 Å². The molecule has 1 atom stereocenters. The lowest BCUT2D eigenvalue weighted by Gasteiger charge is -2.17. The van der Waals surface area contributed by atoms with Crippen LogP contribution in [0.15, 0.2) is 40.9 Å². The number of benzene rings is 2. The summed E-state index contributed by atoms with van der Waals surface area (Å²) in [4.78, 5) is 0. The molecule has 2 aromatic rings. The zero-order valence-corrected chi connectivity index (χ0v) is 12.4. The number of hydrogen-bond acceptors (Lipinski definition) is 3. The summed E-state index contributed by atoms with van der Waals surface area (Å²) < 4.78 is 0.916. The van der Waals surface area contributed by atoms with Crippen LogP contribution in [-0.4, -0.2) is 0 Å². The normalized spacial score (nSPS) is 16.5. The lowest BCUT2D eigenvalue weighted by atomic mass is 10.1. The molecule has 0 spiro atoms. The number of nitriles is 1. The minimum Gasteiger partial charge on any atom is -0.399 e. The molecule has 3 nitrogen and oxygen atoms in total. The van der Waals surface area contributed by atoms with Gasteiger partial charge in [-0.15, -0.1) is 0 Å². The van der Waals surface area contributed by atoms with Gasteiger partial charge >= 0.3 is 0 Å². The molecule has 0 heterocycles. The molecule has 0 aromatic heterocycles. The van der Waals surface area contributed by atoms with Crippen LogP contribution in [0.1, 0.15) is 29.2 Å². The summed E-state index contributed by atoms with van der Waals surface area (Å²) in [6, 6.07) is 14.3. The molecule has 0 fully saturated rings. The molecule has 3 N–H and O–H groups in total. The van der Waals surface area contributed by atoms with Crippen molar-refractivity contribution in [1.29, 1.82) is 5.26 Å². The summed E-state index contributed by atoms with van der Waals surface area (Å²) in [5.74, 6) is 0. The molecule has 0 bridgehead atoms. The van der Waals surface area contributed by atoms with Gasteiger partial charge in [-0.1, -0.05) is 22.0 Å². The van der Waals surface area contributed by atoms with Crippen LogP contribution in [0, 0.1) is 11.3 Å². The van der Waals surface area contributed by atoms with E-state index >= 15 is 0 Å². The van der Waals surface area contributed by atoms with Crippen LogP contribution in [0.4, 0.5) is 11.4 Å². The quantitative estimate of drug-likeness (QED) is 0.819. The Morgan fingerprint density at radius 3 is 2.90 bits per heavy atom. The van der Waals surface area contributed by atoms with E-state index in [-0.39, 0.29) is 6.04 Å². The Morgan fingerprint density at radius 2 is 2.10 bits per heavy atom. The molecule has 1 aliphatic carbocycles. The zero-order valence-electron chi connectivity index (χ0n) is 10.9. The van der Waals surface area contributed by atoms with Crippen LogP contribution in [0.5, 0.6) is 0 Å². The largest absolute Gasteiger partial charge is 0.399 e. The zero-order chi connectivity index (χ0) is 14.1. The third-order valence-electron chi connectivity index (χ3n) is 3.68. The summed E-state index contributed by atoms with van der Waals surface area (Å²) in [6.07, 6.45) is 2.05. The molecule has 4 heteroatoms. The van der Waals surface area contributed by atoms with Gasteiger partial charge in [-0.05, 0) is 54.3 Å². The van der Waals surface area contributed by atoms with Crippen molar-refractivity contribution in [2.24, 2.45) is 0 Å². The first-order chi connectivity index (χ1) is 9.67. The highest BCUT2D eigenvalue weighted by Crippen LogP contribution is 2.35. The molecule has 3 rings (SSSR count). The van der Waals surface area contributed by atoms with Crippen LogP contribution < -0.4 is 11.1 Å². The minimum atomic E-state index is 0.249. The van der Waals surface area contributed by atoms with Crippen LogP contribution in [-0.2, 0) is 6.42 Å². The highest BCUT2D eigenvalue weighted by molar-refractivity contribution is 9.10. The fourth-order valence-corrected chi connectivity index (χ4v) is 3.07. The Hall–Kier alpha value is -1.99. The molecule has 2 aromatic carbocycles. The van der Waals surface area contributed by atoms with Gasteiger partial charge in [0.2, 0.25) is 0 Å². The Kier molecular flexibility index (Phi) is 3.37. The highest BCUT2D eigenvalue weighted by Gasteiger charge is 2.22. The Labute approximate surface area is 126 Å². The van der Waals surface area contributed by atoms with Crippen molar-refractivity contribution in [3.63, 3.8) is 0 Å². The number of nitrogen functional groups attached to an aromatic ring is 1. The van der Waals surface area contributed by atoms with Crippen molar-refractivity contribution < 1.29 is 0 Å². The second-order valence-corrected chi connectivity index (χ2v) is 5.91. The monoisotopic (exact) mass is 327 g/mol. The standard InChI is InChI=1S/C16H14BrN3/c17-12-2-6-15(11(7-12)9-18)20-16-5-1-10-8-13(19)3-4-14(10)16/h2-4,6-8,16,20H,1,5,19H2. The number of aryl methyl sites for hydroxylation is 1. The number of anilines is 2. The predicted molar refractivity (Wildman–Crippen MR) is 84.4 cm³/mol. The van der Waals surface area contributed by atoms with E-state index in [1.54, 1.807) is 0 Å². The summed E-state index contributed by atoms with van der Waals surface area (Å²) in [6.45, 7) is 0. The molecule has 0 saturated heterocycles. The molecule has 0 radical (unpaired) electrons. The smallest absolute Gasteiger partial charge is 0.101 e. The molecule has 1 unspecified atom stereocenters. The van der Waals surface area contributed by atoms with Crippen LogP contribution in [0.3, 0.4) is 0 Å². The van der Waals surface area contributed by atoms with Crippen molar-refractivity contribution >= 4 is 27.3 Å². The SMILES string of the molecule is N#Cc1cc(Br)ccc1NC1CCc2cc(N)ccc21. The first-order valence-electron chi connectivity index (χ1n) is 6.52. The van der Waals surface area contributed by atoms with E-state index in [0.717, 1.165) is 28.7 Å². The van der Waals surface area contributed by atoms with E-state index in [0.29, 0.717) is 5.56 Å². The van der Waals surface area contributed by atoms with Crippen molar-refractivity contribution in [1.82, 2.24) is 0 Å². The number of rotatable bonds is 2. The van der Waals surface area contributed by atoms with Crippen LogP contribution in [0.2, 0.25) is 0 Å². The second-order valence-electron chi connectivity index (χ2n) is 5.00. The Bertz CT molecular complexity index is 703. The summed E-state index contributed by atoms with van der Waals surface area (Å²) in [5, 5.41) is 12.7. The second kappa shape index (κ2) is 5.18. The van der Waals surface area contributed by atoms with Crippen LogP contribution in [0.25, 0.3) is 0 Å². The number of nitrogens with two attached hydrogens (primary N) is 1. The van der Waals surface area contributed by atoms with E-state index in [1.807, 2.05) is 30.3 Å². The first kappa shape index (κ1) is 13.0. The van der Waals surface area contributed by atoms with Gasteiger partial charge in [-0.25, -0.2) is 0 Å². The molecular formula is C16H14BrN3. The van der Waals surface area contributed by atoms with Gasteiger partial charge in [-0.2, -0.15) is 5.26 Å². The van der Waals surface area contributed by atoms with E-state index in [1.165, 1.54) is 11.1 Å². The fraction of sp³-hybridized carbons (Fsp3) is 0.188. The van der Waals surface area contributed by atoms with Gasteiger partial charge in [-0.3, -0.25) is 0 Å². The maximum absolute atomic E-state index is 9.22. The summed E-state index contributed by atoms with van der Waals surface area (Å²) in [5.41, 5.74) is 10.8. The number of nitrogens with one attached hydrogen (secondary N) is 1. The Morgan fingerprint density at radius 1 is 1.25 bits per heavy atom. The first-order valence-corrected chi connectivity index (χ1v) is 7.31. The van der Waals surface area contributed by atoms with Crippen molar-refractivity contribution in [2.45, 2.75) is 18.9 Å². The van der Waals surface area contributed by atoms with Gasteiger partial charge < -0.3 is 11.1 Å². The van der Waals surface area contributed by atoms with E-state index in [4.69, 9.17) is 5.73 Å². The van der Waals surface area contributed by atoms with Gasteiger partial charge in [0, 0.05) is 10.2 Å². The molecule has 20 heavy (non-hydrogen) atoms. The van der Waals surface area contributed by atoms with E-state index < -0.39 is 0 Å². The van der Waals surface area contributed by atoms with Gasteiger partial charge in [0.25, 0.3) is 0 Å². The summed E-state index contributed by atoms with van der Waals surface area (Å²) in [7, 11) is 0. The summed E-state index contributed by atoms with van der Waals surface area (Å²) >= 11 is 3.39. The number of halogens is 1. The van der Waals surface area contributed by atoms with Gasteiger partial charge in [0.05, 0.1) is 17.3 Å². The fourth-order valence-electron chi connectivity index (χ4n) is 2.71. The van der Waals surface area contributed by atoms with Crippen molar-refractivity contribution in [3.05, 3.63) is 57.6 Å². The molecule has 1 aliphatic rings.